The monoisotopic (exact) mass is 186 g/mol. The second-order valence-corrected chi connectivity index (χ2v) is 2.96. The number of allylic oxidation sites excluding steroid dienone is 1. The third-order valence-electron chi connectivity index (χ3n) is 2.06. The van der Waals surface area contributed by atoms with Crippen molar-refractivity contribution in [3.8, 4) is 0 Å². The topological polar surface area (TPSA) is 12.9 Å². The molecular formula is C12H9FN. The molecule has 2 heteroatoms. The van der Waals surface area contributed by atoms with E-state index in [0.717, 1.165) is 10.9 Å². The minimum atomic E-state index is -0.309. The molecule has 69 valence electrons. The van der Waals surface area contributed by atoms with Crippen molar-refractivity contribution in [2.24, 2.45) is 0 Å². The second-order valence-electron chi connectivity index (χ2n) is 2.96. The van der Waals surface area contributed by atoms with Crippen molar-refractivity contribution in [1.29, 1.82) is 0 Å². The normalized spacial score (nSPS) is 12.0. The average molecular weight is 186 g/mol. The Morgan fingerprint density at radius 2 is 2.21 bits per heavy atom. The molecule has 1 radical (unpaired) electrons. The van der Waals surface area contributed by atoms with Crippen LogP contribution in [0.1, 0.15) is 5.56 Å². The highest BCUT2D eigenvalue weighted by molar-refractivity contribution is 5.82. The highest BCUT2D eigenvalue weighted by atomic mass is 19.1. The quantitative estimate of drug-likeness (QED) is 0.665. The largest absolute Gasteiger partial charge is 0.256 e. The third kappa shape index (κ3) is 1.51. The Bertz CT molecular complexity index is 488. The first-order valence-electron chi connectivity index (χ1n) is 4.31. The van der Waals surface area contributed by atoms with Crippen LogP contribution in [0.4, 0.5) is 4.39 Å². The van der Waals surface area contributed by atoms with E-state index in [0.29, 0.717) is 5.56 Å². The van der Waals surface area contributed by atoms with Crippen LogP contribution in [0.15, 0.2) is 42.6 Å². The Balaban J connectivity index is 2.62. The maximum Gasteiger partial charge on any atom is 0.126 e. The van der Waals surface area contributed by atoms with Crippen LogP contribution in [0.2, 0.25) is 0 Å². The van der Waals surface area contributed by atoms with Gasteiger partial charge in [-0.3, -0.25) is 4.98 Å². The van der Waals surface area contributed by atoms with E-state index in [1.807, 2.05) is 12.1 Å². The lowest BCUT2D eigenvalue weighted by Gasteiger charge is -1.99. The summed E-state index contributed by atoms with van der Waals surface area (Å²) in [4.78, 5) is 4.15. The standard InChI is InChI=1S/C12H9FN/c1-2-11(13)9-5-6-12-10(8-9)4-3-7-14-12/h2-8H,1H2/b11-2-. The average Bonchev–Trinajstić information content (AvgIpc) is 2.27. The van der Waals surface area contributed by atoms with E-state index >= 15 is 0 Å². The van der Waals surface area contributed by atoms with Crippen LogP contribution in [0, 0.1) is 6.92 Å². The number of hydrogen-bond donors (Lipinski definition) is 0. The van der Waals surface area contributed by atoms with E-state index in [4.69, 9.17) is 0 Å². The Kier molecular flexibility index (Phi) is 2.27. The van der Waals surface area contributed by atoms with Gasteiger partial charge in [0, 0.05) is 17.1 Å². The van der Waals surface area contributed by atoms with Crippen molar-refractivity contribution in [2.75, 3.05) is 0 Å². The first-order valence-corrected chi connectivity index (χ1v) is 4.31. The van der Waals surface area contributed by atoms with Gasteiger partial charge in [-0.1, -0.05) is 6.07 Å². The van der Waals surface area contributed by atoms with Crippen LogP contribution < -0.4 is 0 Å². The van der Waals surface area contributed by atoms with E-state index in [1.54, 1.807) is 24.4 Å². The zero-order valence-corrected chi connectivity index (χ0v) is 7.57. The molecule has 1 aromatic carbocycles. The summed E-state index contributed by atoms with van der Waals surface area (Å²) < 4.78 is 13.2. The van der Waals surface area contributed by atoms with Crippen molar-refractivity contribution in [3.05, 3.63) is 55.1 Å². The summed E-state index contributed by atoms with van der Waals surface area (Å²) >= 11 is 0. The SMILES string of the molecule is [CH2]/C=C(\F)c1ccc2ncccc2c1. The molecule has 1 heterocycles. The van der Waals surface area contributed by atoms with Crippen LogP contribution in [0.3, 0.4) is 0 Å². The predicted molar refractivity (Wildman–Crippen MR) is 56.2 cm³/mol. The number of fused-ring (bicyclic) bond motifs is 1. The molecule has 1 nitrogen and oxygen atoms in total. The molecule has 0 fully saturated rings. The molecule has 0 aliphatic carbocycles. The van der Waals surface area contributed by atoms with Crippen molar-refractivity contribution in [3.63, 3.8) is 0 Å². The van der Waals surface area contributed by atoms with E-state index in [1.165, 1.54) is 6.08 Å². The van der Waals surface area contributed by atoms with E-state index in [9.17, 15) is 4.39 Å². The summed E-state index contributed by atoms with van der Waals surface area (Å²) in [6.07, 6.45) is 2.92. The Morgan fingerprint density at radius 3 is 3.00 bits per heavy atom. The van der Waals surface area contributed by atoms with Crippen molar-refractivity contribution < 1.29 is 4.39 Å². The smallest absolute Gasteiger partial charge is 0.126 e. The van der Waals surface area contributed by atoms with E-state index in [-0.39, 0.29) is 5.83 Å². The fourth-order valence-electron chi connectivity index (χ4n) is 1.34. The van der Waals surface area contributed by atoms with Gasteiger partial charge in [-0.15, -0.1) is 0 Å². The first kappa shape index (κ1) is 8.88. The number of hydrogen-bond acceptors (Lipinski definition) is 1. The van der Waals surface area contributed by atoms with Crippen molar-refractivity contribution >= 4 is 16.7 Å². The lowest BCUT2D eigenvalue weighted by molar-refractivity contribution is 0.760. The maximum atomic E-state index is 13.2. The number of pyridine rings is 1. The van der Waals surface area contributed by atoms with Crippen LogP contribution in [0.25, 0.3) is 16.7 Å². The Labute approximate surface area is 81.9 Å². The number of halogens is 1. The lowest BCUT2D eigenvalue weighted by Crippen LogP contribution is -1.81. The fourth-order valence-corrected chi connectivity index (χ4v) is 1.34. The van der Waals surface area contributed by atoms with Gasteiger partial charge in [-0.2, -0.15) is 0 Å². The summed E-state index contributed by atoms with van der Waals surface area (Å²) in [5.41, 5.74) is 1.41. The van der Waals surface area contributed by atoms with Crippen LogP contribution >= 0.6 is 0 Å². The molecule has 0 atom stereocenters. The van der Waals surface area contributed by atoms with Gasteiger partial charge in [0.05, 0.1) is 5.52 Å². The molecule has 0 saturated carbocycles. The van der Waals surface area contributed by atoms with Gasteiger partial charge in [0.25, 0.3) is 0 Å². The predicted octanol–water partition coefficient (Wildman–Crippen LogP) is 3.38. The molecule has 0 bridgehead atoms. The van der Waals surface area contributed by atoms with Gasteiger partial charge in [-0.25, -0.2) is 4.39 Å². The molecule has 14 heavy (non-hydrogen) atoms. The summed E-state index contributed by atoms with van der Waals surface area (Å²) in [6.45, 7) is 3.39. The zero-order chi connectivity index (χ0) is 9.97. The molecule has 0 saturated heterocycles. The summed E-state index contributed by atoms with van der Waals surface area (Å²) in [6, 6.07) is 9.00. The second kappa shape index (κ2) is 3.58. The summed E-state index contributed by atoms with van der Waals surface area (Å²) in [5.74, 6) is -0.309. The van der Waals surface area contributed by atoms with E-state index < -0.39 is 0 Å². The molecule has 2 rings (SSSR count). The van der Waals surface area contributed by atoms with E-state index in [2.05, 4.69) is 11.9 Å². The molecule has 0 amide bonds. The first-order chi connectivity index (χ1) is 6.81. The zero-order valence-electron chi connectivity index (χ0n) is 7.57. The van der Waals surface area contributed by atoms with Gasteiger partial charge in [0.15, 0.2) is 0 Å². The van der Waals surface area contributed by atoms with Crippen LogP contribution in [-0.4, -0.2) is 4.98 Å². The summed E-state index contributed by atoms with van der Waals surface area (Å²) in [7, 11) is 0. The van der Waals surface area contributed by atoms with Gasteiger partial charge in [0.2, 0.25) is 0 Å². The lowest BCUT2D eigenvalue weighted by atomic mass is 10.1. The minimum Gasteiger partial charge on any atom is -0.256 e. The molecule has 0 unspecified atom stereocenters. The van der Waals surface area contributed by atoms with Gasteiger partial charge in [-0.05, 0) is 37.3 Å². The molecule has 2 aromatic rings. The number of rotatable bonds is 1. The van der Waals surface area contributed by atoms with Crippen molar-refractivity contribution in [1.82, 2.24) is 4.98 Å². The Morgan fingerprint density at radius 1 is 1.36 bits per heavy atom. The van der Waals surface area contributed by atoms with Crippen molar-refractivity contribution in [2.45, 2.75) is 0 Å². The molecule has 0 spiro atoms. The van der Waals surface area contributed by atoms with Gasteiger partial charge >= 0.3 is 0 Å². The molecule has 0 aliphatic heterocycles. The molecular weight excluding hydrogens is 177 g/mol. The van der Waals surface area contributed by atoms with Crippen LogP contribution in [0.5, 0.6) is 0 Å². The minimum absolute atomic E-state index is 0.309. The van der Waals surface area contributed by atoms with Gasteiger partial charge in [0.1, 0.15) is 5.83 Å². The number of nitrogens with zero attached hydrogens (tertiary/aromatic N) is 1. The fraction of sp³-hybridized carbons (Fsp3) is 0. The molecule has 0 aliphatic rings. The van der Waals surface area contributed by atoms with Gasteiger partial charge < -0.3 is 0 Å². The molecule has 1 aromatic heterocycles. The Hall–Kier alpha value is -1.70. The molecule has 0 N–H and O–H groups in total. The number of benzene rings is 1. The highest BCUT2D eigenvalue weighted by Gasteiger charge is 2.00. The third-order valence-corrected chi connectivity index (χ3v) is 2.06. The number of aromatic nitrogens is 1. The highest BCUT2D eigenvalue weighted by Crippen LogP contribution is 2.20. The summed E-state index contributed by atoms with van der Waals surface area (Å²) in [5, 5.41) is 0.932. The van der Waals surface area contributed by atoms with Crippen LogP contribution in [-0.2, 0) is 0 Å². The maximum absolute atomic E-state index is 13.2.